The fourth-order valence-corrected chi connectivity index (χ4v) is 2.80. The molecule has 1 N–H and O–H groups in total. The molecule has 2 aromatic carbocycles. The van der Waals surface area contributed by atoms with Crippen molar-refractivity contribution >= 4 is 28.9 Å². The first kappa shape index (κ1) is 14.9. The van der Waals surface area contributed by atoms with E-state index in [0.717, 1.165) is 24.3 Å². The SMILES string of the molecule is O=C1CCCN1c1ccc(NCc2c(F)cccc2Cl)cc1. The summed E-state index contributed by atoms with van der Waals surface area (Å²) in [5.74, 6) is -0.155. The molecular formula is C17H16ClFN2O. The highest BCUT2D eigenvalue weighted by Crippen LogP contribution is 2.24. The Kier molecular flexibility index (Phi) is 4.29. The predicted octanol–water partition coefficient (Wildman–Crippen LogP) is 4.22. The second-order valence-corrected chi connectivity index (χ2v) is 5.66. The Balaban J connectivity index is 1.68. The van der Waals surface area contributed by atoms with Crippen LogP contribution in [-0.4, -0.2) is 12.5 Å². The molecule has 0 radical (unpaired) electrons. The summed E-state index contributed by atoms with van der Waals surface area (Å²) in [7, 11) is 0. The maximum absolute atomic E-state index is 13.7. The molecule has 1 heterocycles. The van der Waals surface area contributed by atoms with E-state index in [0.29, 0.717) is 23.6 Å². The molecular weight excluding hydrogens is 303 g/mol. The Morgan fingerprint density at radius 2 is 1.95 bits per heavy atom. The number of amides is 1. The normalized spacial score (nSPS) is 14.5. The minimum absolute atomic E-state index is 0.166. The van der Waals surface area contributed by atoms with Crippen LogP contribution in [0.15, 0.2) is 42.5 Å². The average molecular weight is 319 g/mol. The molecule has 114 valence electrons. The third kappa shape index (κ3) is 3.07. The summed E-state index contributed by atoms with van der Waals surface area (Å²) in [5, 5.41) is 3.55. The van der Waals surface area contributed by atoms with E-state index in [9.17, 15) is 9.18 Å². The van der Waals surface area contributed by atoms with Crippen LogP contribution >= 0.6 is 11.6 Å². The lowest BCUT2D eigenvalue weighted by molar-refractivity contribution is -0.117. The van der Waals surface area contributed by atoms with Gasteiger partial charge in [0.15, 0.2) is 0 Å². The van der Waals surface area contributed by atoms with Crippen molar-refractivity contribution in [2.45, 2.75) is 19.4 Å². The van der Waals surface area contributed by atoms with E-state index < -0.39 is 0 Å². The number of halogens is 2. The summed E-state index contributed by atoms with van der Waals surface area (Å²) in [6.45, 7) is 1.09. The molecule has 0 aromatic heterocycles. The number of nitrogens with one attached hydrogen (secondary N) is 1. The fourth-order valence-electron chi connectivity index (χ4n) is 2.57. The average Bonchev–Trinajstić information content (AvgIpc) is 2.93. The Hall–Kier alpha value is -2.07. The van der Waals surface area contributed by atoms with Gasteiger partial charge in [-0.25, -0.2) is 4.39 Å². The first-order valence-corrected chi connectivity index (χ1v) is 7.60. The Morgan fingerprint density at radius 1 is 1.18 bits per heavy atom. The molecule has 1 fully saturated rings. The summed E-state index contributed by atoms with van der Waals surface area (Å²) >= 11 is 6.00. The maximum Gasteiger partial charge on any atom is 0.227 e. The van der Waals surface area contributed by atoms with Crippen LogP contribution in [0.4, 0.5) is 15.8 Å². The van der Waals surface area contributed by atoms with Crippen molar-refractivity contribution < 1.29 is 9.18 Å². The number of carbonyl (C=O) groups excluding carboxylic acids is 1. The molecule has 0 saturated carbocycles. The van der Waals surface area contributed by atoms with Crippen LogP contribution in [0.5, 0.6) is 0 Å². The van der Waals surface area contributed by atoms with E-state index in [1.54, 1.807) is 17.0 Å². The van der Waals surface area contributed by atoms with E-state index in [-0.39, 0.29) is 11.7 Å². The van der Waals surface area contributed by atoms with Gasteiger partial charge in [-0.15, -0.1) is 0 Å². The standard InChI is InChI=1S/C17H16ClFN2O/c18-15-3-1-4-16(19)14(15)11-20-12-6-8-13(9-7-12)21-10-2-5-17(21)22/h1,3-4,6-9,20H,2,5,10-11H2. The van der Waals surface area contributed by atoms with E-state index in [1.807, 2.05) is 24.3 Å². The number of rotatable bonds is 4. The van der Waals surface area contributed by atoms with Crippen LogP contribution in [0, 0.1) is 5.82 Å². The lowest BCUT2D eigenvalue weighted by atomic mass is 10.2. The second-order valence-electron chi connectivity index (χ2n) is 5.25. The summed E-state index contributed by atoms with van der Waals surface area (Å²) in [4.78, 5) is 13.5. The number of hydrogen-bond acceptors (Lipinski definition) is 2. The Labute approximate surface area is 133 Å². The lowest BCUT2D eigenvalue weighted by Crippen LogP contribution is -2.23. The third-order valence-corrected chi connectivity index (χ3v) is 4.14. The molecule has 1 amide bonds. The van der Waals surface area contributed by atoms with Gasteiger partial charge in [-0.2, -0.15) is 0 Å². The van der Waals surface area contributed by atoms with Crippen molar-refractivity contribution in [3.8, 4) is 0 Å². The van der Waals surface area contributed by atoms with Crippen LogP contribution in [0.1, 0.15) is 18.4 Å². The number of carbonyl (C=O) groups is 1. The van der Waals surface area contributed by atoms with E-state index in [1.165, 1.54) is 6.07 Å². The van der Waals surface area contributed by atoms with Crippen LogP contribution in [0.2, 0.25) is 5.02 Å². The van der Waals surface area contributed by atoms with Gasteiger partial charge < -0.3 is 10.2 Å². The molecule has 0 spiro atoms. The van der Waals surface area contributed by atoms with Crippen molar-refractivity contribution in [3.05, 3.63) is 58.9 Å². The predicted molar refractivity (Wildman–Crippen MR) is 86.8 cm³/mol. The minimum Gasteiger partial charge on any atom is -0.381 e. The van der Waals surface area contributed by atoms with Crippen molar-refractivity contribution in [1.29, 1.82) is 0 Å². The first-order chi connectivity index (χ1) is 10.6. The summed E-state index contributed by atoms with van der Waals surface area (Å²) in [5.41, 5.74) is 2.20. The zero-order valence-corrected chi connectivity index (χ0v) is 12.7. The van der Waals surface area contributed by atoms with Gasteiger partial charge in [0.25, 0.3) is 0 Å². The fraction of sp³-hybridized carbons (Fsp3) is 0.235. The zero-order chi connectivity index (χ0) is 15.5. The molecule has 22 heavy (non-hydrogen) atoms. The molecule has 1 aliphatic heterocycles. The number of anilines is 2. The quantitative estimate of drug-likeness (QED) is 0.915. The van der Waals surface area contributed by atoms with Gasteiger partial charge in [-0.1, -0.05) is 17.7 Å². The monoisotopic (exact) mass is 318 g/mol. The van der Waals surface area contributed by atoms with Crippen LogP contribution in [0.25, 0.3) is 0 Å². The Morgan fingerprint density at radius 3 is 2.59 bits per heavy atom. The summed E-state index contributed by atoms with van der Waals surface area (Å²) in [6.07, 6.45) is 1.52. The van der Waals surface area contributed by atoms with Crippen molar-refractivity contribution in [2.75, 3.05) is 16.8 Å². The molecule has 5 heteroatoms. The molecule has 3 rings (SSSR count). The van der Waals surface area contributed by atoms with Gasteiger partial charge in [0.1, 0.15) is 5.82 Å². The molecule has 0 unspecified atom stereocenters. The maximum atomic E-state index is 13.7. The first-order valence-electron chi connectivity index (χ1n) is 7.22. The molecule has 3 nitrogen and oxygen atoms in total. The van der Waals surface area contributed by atoms with Gasteiger partial charge >= 0.3 is 0 Å². The second kappa shape index (κ2) is 6.36. The van der Waals surface area contributed by atoms with E-state index in [4.69, 9.17) is 11.6 Å². The smallest absolute Gasteiger partial charge is 0.227 e. The van der Waals surface area contributed by atoms with Gasteiger partial charge in [-0.05, 0) is 42.8 Å². The highest BCUT2D eigenvalue weighted by Gasteiger charge is 2.21. The van der Waals surface area contributed by atoms with Gasteiger partial charge in [0.05, 0.1) is 0 Å². The molecule has 0 bridgehead atoms. The number of benzene rings is 2. The largest absolute Gasteiger partial charge is 0.381 e. The molecule has 0 atom stereocenters. The summed E-state index contributed by atoms with van der Waals surface area (Å²) < 4.78 is 13.7. The van der Waals surface area contributed by atoms with Crippen LogP contribution in [0.3, 0.4) is 0 Å². The Bertz CT molecular complexity index is 667. The van der Waals surface area contributed by atoms with E-state index >= 15 is 0 Å². The minimum atomic E-state index is -0.320. The number of hydrogen-bond donors (Lipinski definition) is 1. The van der Waals surface area contributed by atoms with Gasteiger partial charge in [0, 0.05) is 41.5 Å². The highest BCUT2D eigenvalue weighted by atomic mass is 35.5. The zero-order valence-electron chi connectivity index (χ0n) is 12.0. The topological polar surface area (TPSA) is 32.3 Å². The van der Waals surface area contributed by atoms with Crippen molar-refractivity contribution in [2.24, 2.45) is 0 Å². The number of nitrogens with zero attached hydrogens (tertiary/aromatic N) is 1. The van der Waals surface area contributed by atoms with Crippen molar-refractivity contribution in [1.82, 2.24) is 0 Å². The lowest BCUT2D eigenvalue weighted by Gasteiger charge is -2.16. The van der Waals surface area contributed by atoms with Gasteiger partial charge in [-0.3, -0.25) is 4.79 Å². The third-order valence-electron chi connectivity index (χ3n) is 3.78. The van der Waals surface area contributed by atoms with Crippen LogP contribution < -0.4 is 10.2 Å². The molecule has 1 aliphatic rings. The van der Waals surface area contributed by atoms with E-state index in [2.05, 4.69) is 5.32 Å². The molecule has 0 aliphatic carbocycles. The van der Waals surface area contributed by atoms with Crippen molar-refractivity contribution in [3.63, 3.8) is 0 Å². The van der Waals surface area contributed by atoms with Crippen LogP contribution in [-0.2, 0) is 11.3 Å². The molecule has 2 aromatic rings. The molecule has 1 saturated heterocycles. The van der Waals surface area contributed by atoms with Gasteiger partial charge in [0.2, 0.25) is 5.91 Å². The highest BCUT2D eigenvalue weighted by molar-refractivity contribution is 6.31. The summed E-state index contributed by atoms with van der Waals surface area (Å²) in [6, 6.07) is 12.2.